The van der Waals surface area contributed by atoms with Crippen LogP contribution in [0, 0.1) is 0 Å². The van der Waals surface area contributed by atoms with Crippen molar-refractivity contribution in [2.24, 2.45) is 0 Å². The summed E-state index contributed by atoms with van der Waals surface area (Å²) in [5, 5.41) is 11.6. The van der Waals surface area contributed by atoms with E-state index >= 15 is 0 Å². The van der Waals surface area contributed by atoms with E-state index in [1.807, 2.05) is 16.8 Å². The summed E-state index contributed by atoms with van der Waals surface area (Å²) in [6.45, 7) is 1.04. The lowest BCUT2D eigenvalue weighted by atomic mass is 10.1. The predicted molar refractivity (Wildman–Crippen MR) is 66.8 cm³/mol. The lowest BCUT2D eigenvalue weighted by molar-refractivity contribution is 0.327. The Hall–Kier alpha value is -1.20. The molecular formula is C12H15N3OS. The maximum absolute atomic E-state index is 5.36. The van der Waals surface area contributed by atoms with Crippen molar-refractivity contribution in [3.8, 4) is 11.4 Å². The molecule has 5 heteroatoms. The van der Waals surface area contributed by atoms with Crippen LogP contribution in [0.5, 0.6) is 0 Å². The van der Waals surface area contributed by atoms with Crippen LogP contribution in [0.3, 0.4) is 0 Å². The molecule has 0 radical (unpaired) electrons. The third-order valence-electron chi connectivity index (χ3n) is 3.08. The van der Waals surface area contributed by atoms with Crippen molar-refractivity contribution in [3.63, 3.8) is 0 Å². The van der Waals surface area contributed by atoms with Crippen molar-refractivity contribution in [1.29, 1.82) is 0 Å². The van der Waals surface area contributed by atoms with Gasteiger partial charge in [0.15, 0.2) is 0 Å². The summed E-state index contributed by atoms with van der Waals surface area (Å²) in [6, 6.07) is 2.25. The minimum absolute atomic E-state index is 0.234. The lowest BCUT2D eigenvalue weighted by Gasteiger charge is -2.09. The highest BCUT2D eigenvalue weighted by Crippen LogP contribution is 2.24. The average molecular weight is 249 g/mol. The van der Waals surface area contributed by atoms with Gasteiger partial charge in [0, 0.05) is 10.9 Å². The first-order valence-electron chi connectivity index (χ1n) is 6.03. The first kappa shape index (κ1) is 10.9. The normalized spacial score (nSPS) is 21.3. The summed E-state index contributed by atoms with van der Waals surface area (Å²) in [7, 11) is 0. The minimum Gasteiger partial charge on any atom is -0.337 e. The standard InChI is InChI=1S/C12H15N3OS/c1-2-4-10(13-6-3-1)12-14-11(15-16-12)9-5-7-17-8-9/h5,7-8,10,13H,1-4,6H2. The highest BCUT2D eigenvalue weighted by molar-refractivity contribution is 7.08. The molecular weight excluding hydrogens is 234 g/mol. The van der Waals surface area contributed by atoms with E-state index in [2.05, 4.69) is 15.5 Å². The molecule has 1 aliphatic rings. The fourth-order valence-corrected chi connectivity index (χ4v) is 2.76. The van der Waals surface area contributed by atoms with Gasteiger partial charge in [0.2, 0.25) is 11.7 Å². The van der Waals surface area contributed by atoms with Gasteiger partial charge in [-0.25, -0.2) is 0 Å². The summed E-state index contributed by atoms with van der Waals surface area (Å²) in [6.07, 6.45) is 4.84. The second-order valence-electron chi connectivity index (χ2n) is 4.32. The summed E-state index contributed by atoms with van der Waals surface area (Å²) < 4.78 is 5.36. The number of thiophene rings is 1. The van der Waals surface area contributed by atoms with Gasteiger partial charge in [0.1, 0.15) is 0 Å². The monoisotopic (exact) mass is 249 g/mol. The molecule has 0 amide bonds. The molecule has 0 aliphatic carbocycles. The van der Waals surface area contributed by atoms with E-state index in [-0.39, 0.29) is 6.04 Å². The van der Waals surface area contributed by atoms with Crippen LogP contribution in [0.15, 0.2) is 21.3 Å². The van der Waals surface area contributed by atoms with Crippen molar-refractivity contribution >= 4 is 11.3 Å². The topological polar surface area (TPSA) is 51.0 Å². The molecule has 2 aromatic heterocycles. The Morgan fingerprint density at radius 2 is 2.35 bits per heavy atom. The molecule has 17 heavy (non-hydrogen) atoms. The van der Waals surface area contributed by atoms with Gasteiger partial charge < -0.3 is 9.84 Å². The second kappa shape index (κ2) is 4.98. The Bertz CT molecular complexity index is 458. The van der Waals surface area contributed by atoms with Gasteiger partial charge in [0.25, 0.3) is 0 Å². The van der Waals surface area contributed by atoms with E-state index in [1.54, 1.807) is 11.3 Å². The molecule has 1 N–H and O–H groups in total. The maximum atomic E-state index is 5.36. The number of aromatic nitrogens is 2. The summed E-state index contributed by atoms with van der Waals surface area (Å²) in [5.74, 6) is 1.43. The number of rotatable bonds is 2. The SMILES string of the molecule is c1cc(-c2noc(C3CCCCCN3)n2)cs1. The van der Waals surface area contributed by atoms with Crippen LogP contribution in [0.25, 0.3) is 11.4 Å². The quantitative estimate of drug-likeness (QED) is 0.889. The van der Waals surface area contributed by atoms with Crippen LogP contribution >= 0.6 is 11.3 Å². The summed E-state index contributed by atoms with van der Waals surface area (Å²) in [5.41, 5.74) is 1.04. The second-order valence-corrected chi connectivity index (χ2v) is 5.10. The van der Waals surface area contributed by atoms with Crippen molar-refractivity contribution < 1.29 is 4.52 Å². The van der Waals surface area contributed by atoms with Crippen LogP contribution in [0.1, 0.15) is 37.6 Å². The zero-order valence-corrected chi connectivity index (χ0v) is 10.4. The van der Waals surface area contributed by atoms with E-state index < -0.39 is 0 Å². The molecule has 1 fully saturated rings. The van der Waals surface area contributed by atoms with Gasteiger partial charge >= 0.3 is 0 Å². The van der Waals surface area contributed by atoms with Gasteiger partial charge in [-0.3, -0.25) is 0 Å². The molecule has 0 aromatic carbocycles. The smallest absolute Gasteiger partial charge is 0.244 e. The van der Waals surface area contributed by atoms with Crippen molar-refractivity contribution in [2.45, 2.75) is 31.7 Å². The Morgan fingerprint density at radius 1 is 1.35 bits per heavy atom. The molecule has 0 spiro atoms. The zero-order chi connectivity index (χ0) is 11.5. The van der Waals surface area contributed by atoms with Gasteiger partial charge in [0.05, 0.1) is 6.04 Å². The molecule has 1 aliphatic heterocycles. The number of nitrogens with zero attached hydrogens (tertiary/aromatic N) is 2. The summed E-state index contributed by atoms with van der Waals surface area (Å²) in [4.78, 5) is 4.48. The molecule has 1 atom stereocenters. The molecule has 0 bridgehead atoms. The van der Waals surface area contributed by atoms with Crippen LogP contribution in [-0.4, -0.2) is 16.7 Å². The average Bonchev–Trinajstić information content (AvgIpc) is 2.95. The number of hydrogen-bond donors (Lipinski definition) is 1. The Morgan fingerprint density at radius 3 is 3.24 bits per heavy atom. The fraction of sp³-hybridized carbons (Fsp3) is 0.500. The molecule has 1 saturated heterocycles. The fourth-order valence-electron chi connectivity index (χ4n) is 2.13. The van der Waals surface area contributed by atoms with Crippen molar-refractivity contribution in [3.05, 3.63) is 22.7 Å². The molecule has 3 rings (SSSR count). The maximum Gasteiger partial charge on any atom is 0.244 e. The zero-order valence-electron chi connectivity index (χ0n) is 9.56. The molecule has 90 valence electrons. The number of nitrogens with one attached hydrogen (secondary N) is 1. The molecule has 0 saturated carbocycles. The lowest BCUT2D eigenvalue weighted by Crippen LogP contribution is -2.20. The highest BCUT2D eigenvalue weighted by Gasteiger charge is 2.20. The van der Waals surface area contributed by atoms with Crippen LogP contribution in [0.4, 0.5) is 0 Å². The third-order valence-corrected chi connectivity index (χ3v) is 3.76. The van der Waals surface area contributed by atoms with E-state index in [0.29, 0.717) is 5.82 Å². The van der Waals surface area contributed by atoms with Gasteiger partial charge in [-0.2, -0.15) is 16.3 Å². The largest absolute Gasteiger partial charge is 0.337 e. The van der Waals surface area contributed by atoms with Crippen molar-refractivity contribution in [2.75, 3.05) is 6.54 Å². The first-order chi connectivity index (χ1) is 8.43. The van der Waals surface area contributed by atoms with Gasteiger partial charge in [-0.1, -0.05) is 18.0 Å². The first-order valence-corrected chi connectivity index (χ1v) is 6.97. The Labute approximate surface area is 104 Å². The molecule has 1 unspecified atom stereocenters. The van der Waals surface area contributed by atoms with E-state index in [1.165, 1.54) is 19.3 Å². The van der Waals surface area contributed by atoms with Gasteiger partial charge in [-0.05, 0) is 30.8 Å². The van der Waals surface area contributed by atoms with Gasteiger partial charge in [-0.15, -0.1) is 0 Å². The van der Waals surface area contributed by atoms with Crippen LogP contribution in [-0.2, 0) is 0 Å². The molecule has 3 heterocycles. The van der Waals surface area contributed by atoms with Crippen molar-refractivity contribution in [1.82, 2.24) is 15.5 Å². The predicted octanol–water partition coefficient (Wildman–Crippen LogP) is 3.00. The third kappa shape index (κ3) is 2.40. The van der Waals surface area contributed by atoms with E-state index in [0.717, 1.165) is 24.4 Å². The van der Waals surface area contributed by atoms with Crippen LogP contribution < -0.4 is 5.32 Å². The summed E-state index contributed by atoms with van der Waals surface area (Å²) >= 11 is 1.65. The van der Waals surface area contributed by atoms with E-state index in [9.17, 15) is 0 Å². The van der Waals surface area contributed by atoms with E-state index in [4.69, 9.17) is 4.52 Å². The van der Waals surface area contributed by atoms with Crippen LogP contribution in [0.2, 0.25) is 0 Å². The Balaban J connectivity index is 1.79. The minimum atomic E-state index is 0.234. The highest BCUT2D eigenvalue weighted by atomic mass is 32.1. The Kier molecular flexibility index (Phi) is 3.20. The molecule has 4 nitrogen and oxygen atoms in total. The molecule has 2 aromatic rings. The number of hydrogen-bond acceptors (Lipinski definition) is 5.